The Labute approximate surface area is 99.1 Å². The quantitative estimate of drug-likeness (QED) is 0.821. The van der Waals surface area contributed by atoms with Gasteiger partial charge in [-0.15, -0.1) is 0 Å². The maximum absolute atomic E-state index is 12.0. The molecule has 1 amide bonds. The van der Waals surface area contributed by atoms with Crippen LogP contribution < -0.4 is 0 Å². The summed E-state index contributed by atoms with van der Waals surface area (Å²) in [7, 11) is 3.21. The van der Waals surface area contributed by atoms with Gasteiger partial charge in [-0.1, -0.05) is 5.16 Å². The van der Waals surface area contributed by atoms with Crippen LogP contribution in [0.15, 0.2) is 16.8 Å². The van der Waals surface area contributed by atoms with Crippen LogP contribution in [0.3, 0.4) is 0 Å². The number of hydrogen-bond donors (Lipinski definition) is 1. The summed E-state index contributed by atoms with van der Waals surface area (Å²) in [5, 5.41) is 13.5. The number of hydrogen-bond acceptors (Lipinski definition) is 5. The van der Waals surface area contributed by atoms with Crippen molar-refractivity contribution in [3.63, 3.8) is 0 Å². The first kappa shape index (κ1) is 12.1. The van der Waals surface area contributed by atoms with Crippen LogP contribution in [0.25, 0.3) is 0 Å². The normalized spacial score (nSPS) is 28.3. The van der Waals surface area contributed by atoms with E-state index in [2.05, 4.69) is 5.16 Å². The Balaban J connectivity index is 2.06. The van der Waals surface area contributed by atoms with Gasteiger partial charge >= 0.3 is 0 Å². The van der Waals surface area contributed by atoms with Gasteiger partial charge in [0, 0.05) is 20.2 Å². The van der Waals surface area contributed by atoms with E-state index >= 15 is 0 Å². The lowest BCUT2D eigenvalue weighted by Gasteiger charge is -2.27. The van der Waals surface area contributed by atoms with Gasteiger partial charge in [0.25, 0.3) is 5.91 Å². The largest absolute Gasteiger partial charge is 0.388 e. The van der Waals surface area contributed by atoms with Crippen LogP contribution in [0.4, 0.5) is 0 Å². The molecule has 1 aromatic heterocycles. The summed E-state index contributed by atoms with van der Waals surface area (Å²) >= 11 is 0. The number of carbonyl (C=O) groups excluding carboxylic acids is 1. The van der Waals surface area contributed by atoms with Crippen molar-refractivity contribution in [1.82, 2.24) is 10.1 Å². The van der Waals surface area contributed by atoms with Gasteiger partial charge in [0.1, 0.15) is 6.10 Å². The molecule has 6 nitrogen and oxygen atoms in total. The Kier molecular flexibility index (Phi) is 3.44. The second-order valence-electron chi connectivity index (χ2n) is 4.20. The van der Waals surface area contributed by atoms with Crippen LogP contribution >= 0.6 is 0 Å². The third-order valence-corrected chi connectivity index (χ3v) is 3.29. The molecule has 1 aromatic rings. The van der Waals surface area contributed by atoms with E-state index in [4.69, 9.17) is 9.26 Å². The van der Waals surface area contributed by atoms with Gasteiger partial charge < -0.3 is 19.3 Å². The number of aromatic nitrogens is 1. The average molecular weight is 240 g/mol. The van der Waals surface area contributed by atoms with Crippen LogP contribution in [0.1, 0.15) is 23.4 Å². The van der Waals surface area contributed by atoms with Gasteiger partial charge in [0.2, 0.25) is 5.76 Å². The highest BCUT2D eigenvalue weighted by atomic mass is 16.5. The van der Waals surface area contributed by atoms with Gasteiger partial charge in [-0.3, -0.25) is 4.79 Å². The van der Waals surface area contributed by atoms with Crippen molar-refractivity contribution in [2.45, 2.75) is 31.1 Å². The van der Waals surface area contributed by atoms with E-state index in [0.717, 1.165) is 12.8 Å². The van der Waals surface area contributed by atoms with Crippen LogP contribution in [-0.4, -0.2) is 53.5 Å². The monoisotopic (exact) mass is 240 g/mol. The minimum absolute atomic E-state index is 0.181. The Morgan fingerprint density at radius 2 is 2.41 bits per heavy atom. The minimum Gasteiger partial charge on any atom is -0.388 e. The SMILES string of the molecule is CO[C@@H]1CC[C@@H](N(C)C(=O)c2ccno2)[C@H]1O. The first-order chi connectivity index (χ1) is 8.15. The van der Waals surface area contributed by atoms with Gasteiger partial charge in [-0.05, 0) is 12.8 Å². The molecule has 94 valence electrons. The molecule has 0 aromatic carbocycles. The molecule has 1 heterocycles. The van der Waals surface area contributed by atoms with Crippen molar-refractivity contribution in [3.8, 4) is 0 Å². The number of rotatable bonds is 3. The molecular formula is C11H16N2O4. The number of amides is 1. The number of aliphatic hydroxyl groups excluding tert-OH is 1. The van der Waals surface area contributed by atoms with E-state index in [9.17, 15) is 9.90 Å². The molecule has 3 atom stereocenters. The summed E-state index contributed by atoms with van der Waals surface area (Å²) in [5.74, 6) is -0.0936. The summed E-state index contributed by atoms with van der Waals surface area (Å²) in [6, 6.07) is 1.27. The first-order valence-corrected chi connectivity index (χ1v) is 5.54. The summed E-state index contributed by atoms with van der Waals surface area (Å²) in [6.45, 7) is 0. The van der Waals surface area contributed by atoms with Crippen LogP contribution in [0.2, 0.25) is 0 Å². The lowest BCUT2D eigenvalue weighted by molar-refractivity contribution is -0.0161. The fourth-order valence-electron chi connectivity index (χ4n) is 2.25. The van der Waals surface area contributed by atoms with Gasteiger partial charge in [0.05, 0.1) is 18.3 Å². The molecule has 1 N–H and O–H groups in total. The molecule has 0 unspecified atom stereocenters. The Morgan fingerprint density at radius 3 is 2.94 bits per heavy atom. The Morgan fingerprint density at radius 1 is 1.65 bits per heavy atom. The second kappa shape index (κ2) is 4.85. The fraction of sp³-hybridized carbons (Fsp3) is 0.636. The van der Waals surface area contributed by atoms with E-state index in [0.29, 0.717) is 0 Å². The molecule has 1 aliphatic carbocycles. The Bertz CT molecular complexity index is 379. The number of methoxy groups -OCH3 is 1. The van der Waals surface area contributed by atoms with Gasteiger partial charge in [-0.25, -0.2) is 0 Å². The molecule has 6 heteroatoms. The smallest absolute Gasteiger partial charge is 0.292 e. The number of carbonyl (C=O) groups is 1. The highest BCUT2D eigenvalue weighted by Crippen LogP contribution is 2.26. The summed E-state index contributed by atoms with van der Waals surface area (Å²) in [6.07, 6.45) is 2.03. The van der Waals surface area contributed by atoms with Crippen molar-refractivity contribution in [1.29, 1.82) is 0 Å². The second-order valence-corrected chi connectivity index (χ2v) is 4.20. The summed E-state index contributed by atoms with van der Waals surface area (Å²) in [5.41, 5.74) is 0. The maximum atomic E-state index is 12.0. The molecular weight excluding hydrogens is 224 g/mol. The topological polar surface area (TPSA) is 75.8 Å². The lowest BCUT2D eigenvalue weighted by Crippen LogP contribution is -2.44. The number of likely N-dealkylation sites (N-methyl/N-ethyl adjacent to an activating group) is 1. The van der Waals surface area contributed by atoms with Crippen molar-refractivity contribution < 1.29 is 19.2 Å². The van der Waals surface area contributed by atoms with E-state index < -0.39 is 6.10 Å². The molecule has 0 aliphatic heterocycles. The third kappa shape index (κ3) is 2.18. The number of aliphatic hydroxyl groups is 1. The molecule has 1 aliphatic rings. The van der Waals surface area contributed by atoms with E-state index in [1.54, 1.807) is 14.2 Å². The number of nitrogens with zero attached hydrogens (tertiary/aromatic N) is 2. The molecule has 2 rings (SSSR count). The van der Waals surface area contributed by atoms with Crippen LogP contribution in [-0.2, 0) is 4.74 Å². The van der Waals surface area contributed by atoms with Crippen LogP contribution in [0, 0.1) is 0 Å². The van der Waals surface area contributed by atoms with Crippen molar-refractivity contribution in [3.05, 3.63) is 18.0 Å². The molecule has 0 radical (unpaired) electrons. The maximum Gasteiger partial charge on any atom is 0.292 e. The standard InChI is InChI=1S/C11H16N2O4/c1-13(11(15)9-5-6-12-17-9)7-3-4-8(16-2)10(7)14/h5-8,10,14H,3-4H2,1-2H3/t7-,8-,10-/m1/s1. The first-order valence-electron chi connectivity index (χ1n) is 5.54. The zero-order chi connectivity index (χ0) is 12.4. The van der Waals surface area contributed by atoms with Gasteiger partial charge in [-0.2, -0.15) is 0 Å². The minimum atomic E-state index is -0.656. The van der Waals surface area contributed by atoms with E-state index in [1.807, 2.05) is 0 Å². The summed E-state index contributed by atoms with van der Waals surface area (Å²) < 4.78 is 9.96. The molecule has 1 saturated carbocycles. The molecule has 0 saturated heterocycles. The van der Waals surface area contributed by atoms with Crippen molar-refractivity contribution in [2.24, 2.45) is 0 Å². The molecule has 1 fully saturated rings. The third-order valence-electron chi connectivity index (χ3n) is 3.29. The molecule has 0 bridgehead atoms. The average Bonchev–Trinajstić information content (AvgIpc) is 2.96. The predicted molar refractivity (Wildman–Crippen MR) is 58.4 cm³/mol. The molecule has 17 heavy (non-hydrogen) atoms. The zero-order valence-electron chi connectivity index (χ0n) is 9.87. The molecule has 0 spiro atoms. The highest BCUT2D eigenvalue weighted by Gasteiger charge is 2.39. The van der Waals surface area contributed by atoms with E-state index in [1.165, 1.54) is 17.2 Å². The number of ether oxygens (including phenoxy) is 1. The lowest BCUT2D eigenvalue weighted by atomic mass is 10.1. The summed E-state index contributed by atoms with van der Waals surface area (Å²) in [4.78, 5) is 13.5. The van der Waals surface area contributed by atoms with Crippen molar-refractivity contribution in [2.75, 3.05) is 14.2 Å². The fourth-order valence-corrected chi connectivity index (χ4v) is 2.25. The zero-order valence-corrected chi connectivity index (χ0v) is 9.87. The van der Waals surface area contributed by atoms with Crippen LogP contribution in [0.5, 0.6) is 0 Å². The van der Waals surface area contributed by atoms with Gasteiger partial charge in [0.15, 0.2) is 0 Å². The van der Waals surface area contributed by atoms with Crippen molar-refractivity contribution >= 4 is 5.91 Å². The Hall–Kier alpha value is -1.40. The highest BCUT2D eigenvalue weighted by molar-refractivity contribution is 5.91. The predicted octanol–water partition coefficient (Wildman–Crippen LogP) is 0.285. The van der Waals surface area contributed by atoms with E-state index in [-0.39, 0.29) is 23.8 Å².